The van der Waals surface area contributed by atoms with Crippen LogP contribution in [0.4, 0.5) is 10.6 Å². The lowest BCUT2D eigenvalue weighted by molar-refractivity contribution is 0.0566. The van der Waals surface area contributed by atoms with E-state index in [1.165, 1.54) is 37.8 Å². The monoisotopic (exact) mass is 375 g/mol. The van der Waals surface area contributed by atoms with E-state index in [0.717, 1.165) is 13.0 Å². The van der Waals surface area contributed by atoms with Crippen LogP contribution in [0.2, 0.25) is 0 Å². The highest BCUT2D eigenvalue weighted by Gasteiger charge is 2.29. The number of anilines is 1. The highest BCUT2D eigenvalue weighted by molar-refractivity contribution is 5.87. The molecular weight excluding hydrogens is 338 g/mol. The van der Waals surface area contributed by atoms with Crippen molar-refractivity contribution in [1.82, 2.24) is 9.88 Å². The molecule has 2 atom stereocenters. The van der Waals surface area contributed by atoms with E-state index in [9.17, 15) is 4.79 Å². The second kappa shape index (κ2) is 9.54. The van der Waals surface area contributed by atoms with Gasteiger partial charge in [0.15, 0.2) is 0 Å². The molecule has 1 aliphatic heterocycles. The molecule has 5 heteroatoms. The molecule has 1 aliphatic rings. The van der Waals surface area contributed by atoms with Crippen LogP contribution < -0.4 is 4.90 Å². The molecular formula is C22H37N3O2. The summed E-state index contributed by atoms with van der Waals surface area (Å²) in [7, 11) is 0. The van der Waals surface area contributed by atoms with Gasteiger partial charge in [0, 0.05) is 18.3 Å². The topological polar surface area (TPSA) is 45.7 Å². The largest absolute Gasteiger partial charge is 0.443 e. The lowest BCUT2D eigenvalue weighted by Gasteiger charge is -2.31. The normalized spacial score (nSPS) is 19.1. The molecule has 0 radical (unpaired) electrons. The van der Waals surface area contributed by atoms with Crippen LogP contribution in [0.1, 0.15) is 85.3 Å². The third kappa shape index (κ3) is 5.93. The van der Waals surface area contributed by atoms with Crippen LogP contribution in [-0.4, -0.2) is 40.7 Å². The standard InChI is InChI=1S/C22H37N3O2/c1-7-9-14-24-15-10-11-19(24)18-12-13-20(23-16-18)25(17(3)8-2)21(26)27-22(4,5)6/h12-13,16-17,19H,7-11,14-15H2,1-6H3/t17-,19+/m0/s1. The first-order valence-corrected chi connectivity index (χ1v) is 10.5. The van der Waals surface area contributed by atoms with Gasteiger partial charge < -0.3 is 4.74 Å². The molecule has 1 saturated heterocycles. The van der Waals surface area contributed by atoms with Crippen molar-refractivity contribution in [2.45, 2.75) is 91.3 Å². The first kappa shape index (κ1) is 21.7. The van der Waals surface area contributed by atoms with Crippen LogP contribution in [0.15, 0.2) is 18.3 Å². The number of ether oxygens (including phenoxy) is 1. The smallest absolute Gasteiger partial charge is 0.416 e. The maximum absolute atomic E-state index is 12.7. The van der Waals surface area contributed by atoms with Gasteiger partial charge in [-0.05, 0) is 78.1 Å². The molecule has 1 amide bonds. The number of rotatable bonds is 7. The maximum atomic E-state index is 12.7. The second-order valence-corrected chi connectivity index (χ2v) is 8.60. The van der Waals surface area contributed by atoms with Gasteiger partial charge in [-0.25, -0.2) is 9.78 Å². The molecule has 27 heavy (non-hydrogen) atoms. The van der Waals surface area contributed by atoms with Crippen molar-refractivity contribution in [3.8, 4) is 0 Å². The fourth-order valence-electron chi connectivity index (χ4n) is 3.56. The lowest BCUT2D eigenvalue weighted by Crippen LogP contribution is -2.42. The summed E-state index contributed by atoms with van der Waals surface area (Å²) in [6, 6.07) is 4.60. The van der Waals surface area contributed by atoms with Gasteiger partial charge in [0.25, 0.3) is 0 Å². The van der Waals surface area contributed by atoms with E-state index in [1.807, 2.05) is 40.0 Å². The van der Waals surface area contributed by atoms with Gasteiger partial charge in [-0.1, -0.05) is 26.3 Å². The zero-order chi connectivity index (χ0) is 20.0. The van der Waals surface area contributed by atoms with Crippen molar-refractivity contribution >= 4 is 11.9 Å². The Hall–Kier alpha value is -1.62. The molecule has 0 spiro atoms. The minimum absolute atomic E-state index is 0.0331. The molecule has 0 unspecified atom stereocenters. The summed E-state index contributed by atoms with van der Waals surface area (Å²) in [5.41, 5.74) is 0.729. The van der Waals surface area contributed by atoms with Crippen molar-refractivity contribution in [2.75, 3.05) is 18.0 Å². The van der Waals surface area contributed by atoms with Crippen LogP contribution in [-0.2, 0) is 4.74 Å². The van der Waals surface area contributed by atoms with Gasteiger partial charge in [-0.2, -0.15) is 0 Å². The molecule has 0 saturated carbocycles. The number of pyridine rings is 1. The Kier molecular flexibility index (Phi) is 7.66. The number of likely N-dealkylation sites (tertiary alicyclic amines) is 1. The molecule has 1 aromatic heterocycles. The Balaban J connectivity index is 2.18. The summed E-state index contributed by atoms with van der Waals surface area (Å²) in [6.45, 7) is 14.3. The molecule has 0 bridgehead atoms. The van der Waals surface area contributed by atoms with Crippen LogP contribution in [0.3, 0.4) is 0 Å². The second-order valence-electron chi connectivity index (χ2n) is 8.60. The van der Waals surface area contributed by atoms with Crippen LogP contribution in [0, 0.1) is 0 Å². The SMILES string of the molecule is CCCCN1CCC[C@@H]1c1ccc(N(C(=O)OC(C)(C)C)[C@@H](C)CC)nc1. The number of unbranched alkanes of at least 4 members (excludes halogenated alkanes) is 1. The minimum atomic E-state index is -0.521. The Morgan fingerprint density at radius 1 is 1.37 bits per heavy atom. The Bertz CT molecular complexity index is 595. The van der Waals surface area contributed by atoms with Gasteiger partial charge >= 0.3 is 6.09 Å². The van der Waals surface area contributed by atoms with E-state index in [-0.39, 0.29) is 12.1 Å². The fraction of sp³-hybridized carbons (Fsp3) is 0.727. The summed E-state index contributed by atoms with van der Waals surface area (Å²) < 4.78 is 5.61. The highest BCUT2D eigenvalue weighted by Crippen LogP contribution is 2.32. The van der Waals surface area contributed by atoms with Crippen LogP contribution in [0.5, 0.6) is 0 Å². The van der Waals surface area contributed by atoms with Gasteiger partial charge in [0.05, 0.1) is 0 Å². The maximum Gasteiger partial charge on any atom is 0.416 e. The zero-order valence-electron chi connectivity index (χ0n) is 18.0. The molecule has 1 aromatic rings. The number of carbonyl (C=O) groups is 1. The van der Waals surface area contributed by atoms with E-state index in [2.05, 4.69) is 29.8 Å². The van der Waals surface area contributed by atoms with E-state index in [0.29, 0.717) is 11.9 Å². The summed E-state index contributed by atoms with van der Waals surface area (Å²) in [5.74, 6) is 0.667. The summed E-state index contributed by atoms with van der Waals surface area (Å²) in [4.78, 5) is 21.6. The predicted molar refractivity (Wildman–Crippen MR) is 111 cm³/mol. The minimum Gasteiger partial charge on any atom is -0.443 e. The number of amides is 1. The molecule has 152 valence electrons. The van der Waals surface area contributed by atoms with Gasteiger partial charge in [0.2, 0.25) is 0 Å². The van der Waals surface area contributed by atoms with Gasteiger partial charge in [0.1, 0.15) is 11.4 Å². The molecule has 5 nitrogen and oxygen atoms in total. The Morgan fingerprint density at radius 2 is 2.11 bits per heavy atom. The first-order chi connectivity index (χ1) is 12.8. The molecule has 2 rings (SSSR count). The lowest BCUT2D eigenvalue weighted by atomic mass is 10.1. The first-order valence-electron chi connectivity index (χ1n) is 10.5. The Morgan fingerprint density at radius 3 is 2.67 bits per heavy atom. The van der Waals surface area contributed by atoms with Crippen molar-refractivity contribution in [3.05, 3.63) is 23.9 Å². The molecule has 0 N–H and O–H groups in total. The highest BCUT2D eigenvalue weighted by atomic mass is 16.6. The third-order valence-electron chi connectivity index (χ3n) is 5.19. The fourth-order valence-corrected chi connectivity index (χ4v) is 3.56. The summed E-state index contributed by atoms with van der Waals surface area (Å²) in [6.07, 6.45) is 7.35. The van der Waals surface area contributed by atoms with E-state index in [4.69, 9.17) is 4.74 Å². The van der Waals surface area contributed by atoms with Gasteiger partial charge in [-0.15, -0.1) is 0 Å². The Labute approximate surface area is 165 Å². The van der Waals surface area contributed by atoms with Crippen LogP contribution in [0.25, 0.3) is 0 Å². The molecule has 0 aromatic carbocycles. The molecule has 0 aliphatic carbocycles. The predicted octanol–water partition coefficient (Wildman–Crippen LogP) is 5.56. The number of aromatic nitrogens is 1. The van der Waals surface area contributed by atoms with Crippen LogP contribution >= 0.6 is 0 Å². The van der Waals surface area contributed by atoms with Crippen molar-refractivity contribution < 1.29 is 9.53 Å². The van der Waals surface area contributed by atoms with Crippen molar-refractivity contribution in [1.29, 1.82) is 0 Å². The number of hydrogen-bond donors (Lipinski definition) is 0. The van der Waals surface area contributed by atoms with Crippen molar-refractivity contribution in [3.63, 3.8) is 0 Å². The van der Waals surface area contributed by atoms with Crippen molar-refractivity contribution in [2.24, 2.45) is 0 Å². The molecule has 1 fully saturated rings. The quantitative estimate of drug-likeness (QED) is 0.626. The van der Waals surface area contributed by atoms with Gasteiger partial charge in [-0.3, -0.25) is 9.80 Å². The van der Waals surface area contributed by atoms with E-state index >= 15 is 0 Å². The average Bonchev–Trinajstić information content (AvgIpc) is 3.07. The van der Waals surface area contributed by atoms with E-state index < -0.39 is 5.60 Å². The molecule has 2 heterocycles. The average molecular weight is 376 g/mol. The zero-order valence-corrected chi connectivity index (χ0v) is 18.0. The number of hydrogen-bond acceptors (Lipinski definition) is 4. The third-order valence-corrected chi connectivity index (χ3v) is 5.19. The van der Waals surface area contributed by atoms with E-state index in [1.54, 1.807) is 4.90 Å². The summed E-state index contributed by atoms with van der Waals surface area (Å²) in [5, 5.41) is 0. The number of carbonyl (C=O) groups excluding carboxylic acids is 1. The summed E-state index contributed by atoms with van der Waals surface area (Å²) >= 11 is 0. The number of nitrogens with zero attached hydrogens (tertiary/aromatic N) is 3.